The number of nitrogens with zero attached hydrogens (tertiary/aromatic N) is 3. The summed E-state index contributed by atoms with van der Waals surface area (Å²) in [5.74, 6) is 0.433. The van der Waals surface area contributed by atoms with Gasteiger partial charge in [0, 0.05) is 5.02 Å². The highest BCUT2D eigenvalue weighted by atomic mass is 35.5. The highest BCUT2D eigenvalue weighted by Gasteiger charge is 2.11. The number of para-hydroxylation sites is 2. The van der Waals surface area contributed by atoms with E-state index in [9.17, 15) is 4.79 Å². The number of benzene rings is 2. The van der Waals surface area contributed by atoms with E-state index in [2.05, 4.69) is 9.97 Å². The Morgan fingerprint density at radius 3 is 2.83 bits per heavy atom. The fraction of sp³-hybridized carbons (Fsp3) is 0.0625. The number of fused-ring (bicyclic) bond motifs is 2. The summed E-state index contributed by atoms with van der Waals surface area (Å²) < 4.78 is 7.05. The second-order valence-electron chi connectivity index (χ2n) is 5.04. The molecule has 23 heavy (non-hydrogen) atoms. The summed E-state index contributed by atoms with van der Waals surface area (Å²) in [4.78, 5) is 21.2. The van der Waals surface area contributed by atoms with Crippen molar-refractivity contribution in [2.24, 2.45) is 0 Å². The molecule has 4 aromatic rings. The molecule has 4 rings (SSSR count). The van der Waals surface area contributed by atoms with Gasteiger partial charge in [-0.1, -0.05) is 35.3 Å². The van der Waals surface area contributed by atoms with Crippen molar-refractivity contribution in [3.8, 4) is 0 Å². The minimum absolute atomic E-state index is 0.181. The Labute approximate surface area is 140 Å². The maximum atomic E-state index is 12.6. The summed E-state index contributed by atoms with van der Waals surface area (Å²) in [6, 6.07) is 10.5. The van der Waals surface area contributed by atoms with Crippen molar-refractivity contribution in [3.63, 3.8) is 0 Å². The zero-order valence-corrected chi connectivity index (χ0v) is 13.2. The van der Waals surface area contributed by atoms with E-state index < -0.39 is 0 Å². The second kappa shape index (κ2) is 5.37. The summed E-state index contributed by atoms with van der Waals surface area (Å²) in [7, 11) is 0. The predicted molar refractivity (Wildman–Crippen MR) is 89.1 cm³/mol. The summed E-state index contributed by atoms with van der Waals surface area (Å²) >= 11 is 12.0. The molecule has 0 aliphatic rings. The molecule has 0 fully saturated rings. The quantitative estimate of drug-likeness (QED) is 0.552. The molecule has 0 aliphatic carbocycles. The van der Waals surface area contributed by atoms with Gasteiger partial charge in [-0.25, -0.2) is 9.97 Å². The summed E-state index contributed by atoms with van der Waals surface area (Å²) in [5.41, 5.74) is 1.60. The molecule has 0 unspecified atom stereocenters. The number of hydrogen-bond acceptors (Lipinski definition) is 4. The van der Waals surface area contributed by atoms with Crippen molar-refractivity contribution in [2.45, 2.75) is 6.54 Å². The third-order valence-electron chi connectivity index (χ3n) is 3.49. The lowest BCUT2D eigenvalue weighted by molar-refractivity contribution is 0.503. The molecule has 2 heterocycles. The normalized spacial score (nSPS) is 11.4. The molecule has 5 nitrogen and oxygen atoms in total. The van der Waals surface area contributed by atoms with Gasteiger partial charge in [-0.05, 0) is 24.3 Å². The van der Waals surface area contributed by atoms with E-state index in [1.54, 1.807) is 12.1 Å². The zero-order chi connectivity index (χ0) is 16.0. The molecule has 0 bridgehead atoms. The molecule has 0 spiro atoms. The topological polar surface area (TPSA) is 60.9 Å². The number of hydrogen-bond donors (Lipinski definition) is 0. The number of rotatable bonds is 2. The highest BCUT2D eigenvalue weighted by Crippen LogP contribution is 2.24. The summed E-state index contributed by atoms with van der Waals surface area (Å²) in [6.07, 6.45) is 1.43. The molecule has 0 atom stereocenters. The maximum absolute atomic E-state index is 12.6. The average molecular weight is 346 g/mol. The highest BCUT2D eigenvalue weighted by molar-refractivity contribution is 6.38. The lowest BCUT2D eigenvalue weighted by Crippen LogP contribution is -2.21. The van der Waals surface area contributed by atoms with Gasteiger partial charge < -0.3 is 4.42 Å². The number of halogens is 2. The van der Waals surface area contributed by atoms with Crippen LogP contribution in [0.4, 0.5) is 0 Å². The van der Waals surface area contributed by atoms with E-state index >= 15 is 0 Å². The smallest absolute Gasteiger partial charge is 0.261 e. The van der Waals surface area contributed by atoms with E-state index in [1.807, 2.05) is 24.3 Å². The maximum Gasteiger partial charge on any atom is 0.261 e. The van der Waals surface area contributed by atoms with Gasteiger partial charge in [-0.3, -0.25) is 9.36 Å². The van der Waals surface area contributed by atoms with Gasteiger partial charge in [0.05, 0.1) is 22.3 Å². The van der Waals surface area contributed by atoms with Gasteiger partial charge in [-0.2, -0.15) is 0 Å². The third kappa shape index (κ3) is 2.48. The van der Waals surface area contributed by atoms with Crippen LogP contribution < -0.4 is 5.56 Å². The van der Waals surface area contributed by atoms with E-state index in [4.69, 9.17) is 27.6 Å². The predicted octanol–water partition coefficient (Wildman–Crippen LogP) is 3.89. The van der Waals surface area contributed by atoms with Crippen molar-refractivity contribution in [1.29, 1.82) is 0 Å². The fourth-order valence-electron chi connectivity index (χ4n) is 2.44. The Morgan fingerprint density at radius 2 is 2.00 bits per heavy atom. The van der Waals surface area contributed by atoms with Crippen LogP contribution in [-0.2, 0) is 6.54 Å². The first-order valence-electron chi connectivity index (χ1n) is 6.80. The van der Waals surface area contributed by atoms with E-state index in [-0.39, 0.29) is 12.1 Å². The standard InChI is InChI=1S/C16H9Cl2N3O2/c17-9-5-10-15(11(18)6-9)19-8-21(16(10)22)7-14-20-12-3-1-2-4-13(12)23-14/h1-6,8H,7H2. The SMILES string of the molecule is O=c1c2cc(Cl)cc(Cl)c2ncn1Cc1nc2ccccc2o1. The van der Waals surface area contributed by atoms with Crippen LogP contribution in [0.3, 0.4) is 0 Å². The second-order valence-corrected chi connectivity index (χ2v) is 5.88. The van der Waals surface area contributed by atoms with Gasteiger partial charge in [0.15, 0.2) is 5.58 Å². The average Bonchev–Trinajstić information content (AvgIpc) is 2.93. The molecule has 0 radical (unpaired) electrons. The van der Waals surface area contributed by atoms with E-state index in [0.717, 1.165) is 5.52 Å². The van der Waals surface area contributed by atoms with Gasteiger partial charge >= 0.3 is 0 Å². The van der Waals surface area contributed by atoms with Crippen LogP contribution in [0.2, 0.25) is 10.0 Å². The van der Waals surface area contributed by atoms with Crippen LogP contribution in [0.25, 0.3) is 22.0 Å². The number of oxazole rings is 1. The molecule has 0 aliphatic heterocycles. The minimum atomic E-state index is -0.248. The third-order valence-corrected chi connectivity index (χ3v) is 4.00. The Kier molecular flexibility index (Phi) is 3.32. The molecule has 0 saturated heterocycles. The lowest BCUT2D eigenvalue weighted by Gasteiger charge is -2.05. The van der Waals surface area contributed by atoms with Gasteiger partial charge in [-0.15, -0.1) is 0 Å². The van der Waals surface area contributed by atoms with Crippen molar-refractivity contribution in [3.05, 3.63) is 69.0 Å². The molecule has 2 aromatic heterocycles. The van der Waals surface area contributed by atoms with Crippen LogP contribution in [-0.4, -0.2) is 14.5 Å². The Hall–Kier alpha value is -2.37. The van der Waals surface area contributed by atoms with Crippen LogP contribution in [0.1, 0.15) is 5.89 Å². The summed E-state index contributed by atoms with van der Waals surface area (Å²) in [5, 5.41) is 1.10. The Morgan fingerprint density at radius 1 is 1.17 bits per heavy atom. The Bertz CT molecular complexity index is 1070. The molecular weight excluding hydrogens is 337 g/mol. The van der Waals surface area contributed by atoms with Crippen LogP contribution in [0, 0.1) is 0 Å². The van der Waals surface area contributed by atoms with Gasteiger partial charge in [0.2, 0.25) is 5.89 Å². The number of aromatic nitrogens is 3. The first-order chi connectivity index (χ1) is 11.1. The first-order valence-corrected chi connectivity index (χ1v) is 7.56. The van der Waals surface area contributed by atoms with Crippen LogP contribution in [0.15, 0.2) is 51.9 Å². The molecule has 0 saturated carbocycles. The minimum Gasteiger partial charge on any atom is -0.439 e. The Balaban J connectivity index is 1.82. The molecule has 0 amide bonds. The fourth-order valence-corrected chi connectivity index (χ4v) is 2.98. The lowest BCUT2D eigenvalue weighted by atomic mass is 10.2. The van der Waals surface area contributed by atoms with Crippen molar-refractivity contribution in [2.75, 3.05) is 0 Å². The van der Waals surface area contributed by atoms with Crippen LogP contribution in [0.5, 0.6) is 0 Å². The van der Waals surface area contributed by atoms with Crippen LogP contribution >= 0.6 is 23.2 Å². The molecule has 0 N–H and O–H groups in total. The molecule has 7 heteroatoms. The van der Waals surface area contributed by atoms with Crippen molar-refractivity contribution >= 4 is 45.2 Å². The van der Waals surface area contributed by atoms with E-state index in [0.29, 0.717) is 32.4 Å². The van der Waals surface area contributed by atoms with E-state index in [1.165, 1.54) is 10.9 Å². The summed E-state index contributed by atoms with van der Waals surface area (Å²) in [6.45, 7) is 0.181. The largest absolute Gasteiger partial charge is 0.439 e. The van der Waals surface area contributed by atoms with Crippen molar-refractivity contribution < 1.29 is 4.42 Å². The van der Waals surface area contributed by atoms with Crippen molar-refractivity contribution in [1.82, 2.24) is 14.5 Å². The van der Waals surface area contributed by atoms with Gasteiger partial charge in [0.1, 0.15) is 12.1 Å². The molecular formula is C16H9Cl2N3O2. The molecule has 114 valence electrons. The molecule has 2 aromatic carbocycles. The van der Waals surface area contributed by atoms with Gasteiger partial charge in [0.25, 0.3) is 5.56 Å². The first kappa shape index (κ1) is 14.2. The zero-order valence-electron chi connectivity index (χ0n) is 11.7. The monoisotopic (exact) mass is 345 g/mol.